The molecule has 0 aliphatic carbocycles. The largest absolute Gasteiger partial charge is 0.334 e. The maximum atomic E-state index is 12.6. The van der Waals surface area contributed by atoms with E-state index in [0.717, 1.165) is 31.5 Å². The zero-order chi connectivity index (χ0) is 13.1. The van der Waals surface area contributed by atoms with Crippen LogP contribution in [0.3, 0.4) is 0 Å². The number of carbonyl (C=O) groups is 1. The van der Waals surface area contributed by atoms with Crippen LogP contribution in [-0.2, 0) is 7.05 Å². The minimum atomic E-state index is 0.0814. The fourth-order valence-corrected chi connectivity index (χ4v) is 2.55. The van der Waals surface area contributed by atoms with E-state index in [9.17, 15) is 4.79 Å². The van der Waals surface area contributed by atoms with E-state index >= 15 is 0 Å². The van der Waals surface area contributed by atoms with Crippen LogP contribution < -0.4 is 5.73 Å². The van der Waals surface area contributed by atoms with Crippen LogP contribution in [0, 0.1) is 6.92 Å². The average Bonchev–Trinajstić information content (AvgIpc) is 2.59. The molecule has 0 aromatic carbocycles. The molecule has 1 aromatic rings. The van der Waals surface area contributed by atoms with E-state index in [2.05, 4.69) is 5.10 Å². The molecule has 1 unspecified atom stereocenters. The number of likely N-dealkylation sites (tertiary alicyclic amines) is 1. The molecule has 5 heteroatoms. The minimum absolute atomic E-state index is 0.0814. The molecular weight excluding hydrogens is 228 g/mol. The molecule has 1 atom stereocenters. The standard InChI is InChI=1S/C13H22N4O/c1-10-12(9-15-16(10)2)13(18)17-7-5-3-4-6-11(17)8-14/h9,11H,3-8,14H2,1-2H3. The summed E-state index contributed by atoms with van der Waals surface area (Å²) >= 11 is 0. The second-order valence-electron chi connectivity index (χ2n) is 5.00. The molecule has 1 saturated heterocycles. The Hall–Kier alpha value is -1.36. The Bertz CT molecular complexity index is 427. The fourth-order valence-electron chi connectivity index (χ4n) is 2.55. The Morgan fingerprint density at radius 3 is 2.89 bits per heavy atom. The van der Waals surface area contributed by atoms with Crippen LogP contribution in [-0.4, -0.2) is 39.7 Å². The highest BCUT2D eigenvalue weighted by molar-refractivity contribution is 5.95. The molecule has 0 bridgehead atoms. The highest BCUT2D eigenvalue weighted by atomic mass is 16.2. The molecular formula is C13H22N4O. The molecule has 18 heavy (non-hydrogen) atoms. The van der Waals surface area contributed by atoms with E-state index < -0.39 is 0 Å². The molecule has 1 amide bonds. The van der Waals surface area contributed by atoms with Crippen molar-refractivity contribution < 1.29 is 4.79 Å². The summed E-state index contributed by atoms with van der Waals surface area (Å²) < 4.78 is 1.74. The second-order valence-corrected chi connectivity index (χ2v) is 5.00. The van der Waals surface area contributed by atoms with E-state index in [1.165, 1.54) is 6.42 Å². The van der Waals surface area contributed by atoms with Crippen LogP contribution in [0.1, 0.15) is 41.7 Å². The summed E-state index contributed by atoms with van der Waals surface area (Å²) in [5.74, 6) is 0.0814. The molecule has 1 aromatic heterocycles. The van der Waals surface area contributed by atoms with Crippen LogP contribution in [0.5, 0.6) is 0 Å². The highest BCUT2D eigenvalue weighted by Crippen LogP contribution is 2.19. The number of amides is 1. The topological polar surface area (TPSA) is 64.2 Å². The third-order valence-corrected chi connectivity index (χ3v) is 3.88. The molecule has 2 heterocycles. The number of hydrogen-bond acceptors (Lipinski definition) is 3. The van der Waals surface area contributed by atoms with E-state index in [1.54, 1.807) is 10.9 Å². The van der Waals surface area contributed by atoms with Gasteiger partial charge in [0.05, 0.1) is 11.8 Å². The zero-order valence-electron chi connectivity index (χ0n) is 11.2. The van der Waals surface area contributed by atoms with Gasteiger partial charge in [0.1, 0.15) is 0 Å². The van der Waals surface area contributed by atoms with Crippen molar-refractivity contribution in [1.29, 1.82) is 0 Å². The van der Waals surface area contributed by atoms with Crippen molar-refractivity contribution in [2.75, 3.05) is 13.1 Å². The van der Waals surface area contributed by atoms with Crippen molar-refractivity contribution in [3.63, 3.8) is 0 Å². The van der Waals surface area contributed by atoms with E-state index in [4.69, 9.17) is 5.73 Å². The van der Waals surface area contributed by atoms with E-state index in [0.29, 0.717) is 12.1 Å². The Morgan fingerprint density at radius 1 is 1.50 bits per heavy atom. The number of carbonyl (C=O) groups excluding carboxylic acids is 1. The first-order valence-corrected chi connectivity index (χ1v) is 6.64. The third-order valence-electron chi connectivity index (χ3n) is 3.88. The third kappa shape index (κ3) is 2.41. The van der Waals surface area contributed by atoms with Crippen molar-refractivity contribution in [1.82, 2.24) is 14.7 Å². The van der Waals surface area contributed by atoms with Crippen molar-refractivity contribution >= 4 is 5.91 Å². The summed E-state index contributed by atoms with van der Waals surface area (Å²) in [4.78, 5) is 14.5. The summed E-state index contributed by atoms with van der Waals surface area (Å²) in [6.07, 6.45) is 6.10. The van der Waals surface area contributed by atoms with Gasteiger partial charge < -0.3 is 10.6 Å². The lowest BCUT2D eigenvalue weighted by Gasteiger charge is -2.29. The number of hydrogen-bond donors (Lipinski definition) is 1. The summed E-state index contributed by atoms with van der Waals surface area (Å²) in [6, 6.07) is 0.180. The predicted molar refractivity (Wildman–Crippen MR) is 70.3 cm³/mol. The first kappa shape index (κ1) is 13.1. The first-order valence-electron chi connectivity index (χ1n) is 6.64. The van der Waals surface area contributed by atoms with Gasteiger partial charge in [-0.05, 0) is 19.8 Å². The monoisotopic (exact) mass is 250 g/mol. The van der Waals surface area contributed by atoms with Gasteiger partial charge in [-0.15, -0.1) is 0 Å². The quantitative estimate of drug-likeness (QED) is 0.854. The normalized spacial score (nSPS) is 20.8. The van der Waals surface area contributed by atoms with Crippen molar-refractivity contribution in [3.8, 4) is 0 Å². The molecule has 1 fully saturated rings. The molecule has 0 radical (unpaired) electrons. The molecule has 2 rings (SSSR count). The van der Waals surface area contributed by atoms with Gasteiger partial charge in [-0.2, -0.15) is 5.10 Å². The van der Waals surface area contributed by atoms with Gasteiger partial charge in [-0.1, -0.05) is 12.8 Å². The summed E-state index contributed by atoms with van der Waals surface area (Å²) in [5, 5.41) is 4.14. The molecule has 5 nitrogen and oxygen atoms in total. The minimum Gasteiger partial charge on any atom is -0.334 e. The Balaban J connectivity index is 2.22. The molecule has 100 valence electrons. The SMILES string of the molecule is Cc1c(C(=O)N2CCCCCC2CN)cnn1C. The van der Waals surface area contributed by atoms with Crippen LogP contribution in [0.4, 0.5) is 0 Å². The summed E-state index contributed by atoms with van der Waals surface area (Å²) in [7, 11) is 1.86. The zero-order valence-corrected chi connectivity index (χ0v) is 11.2. The molecule has 0 saturated carbocycles. The lowest BCUT2D eigenvalue weighted by Crippen LogP contribution is -2.44. The van der Waals surface area contributed by atoms with Crippen molar-refractivity contribution in [2.45, 2.75) is 38.6 Å². The number of aryl methyl sites for hydroxylation is 1. The second kappa shape index (κ2) is 5.52. The fraction of sp³-hybridized carbons (Fsp3) is 0.692. The Labute approximate surface area is 108 Å². The van der Waals surface area contributed by atoms with Gasteiger partial charge in [0, 0.05) is 31.9 Å². The maximum Gasteiger partial charge on any atom is 0.257 e. The van der Waals surface area contributed by atoms with Crippen LogP contribution in [0.15, 0.2) is 6.20 Å². The Morgan fingerprint density at radius 2 is 2.28 bits per heavy atom. The lowest BCUT2D eigenvalue weighted by molar-refractivity contribution is 0.0688. The van der Waals surface area contributed by atoms with Gasteiger partial charge >= 0.3 is 0 Å². The number of rotatable bonds is 2. The summed E-state index contributed by atoms with van der Waals surface area (Å²) in [5.41, 5.74) is 7.43. The molecule has 2 N–H and O–H groups in total. The average molecular weight is 250 g/mol. The van der Waals surface area contributed by atoms with Gasteiger partial charge in [0.15, 0.2) is 0 Å². The van der Waals surface area contributed by atoms with Gasteiger partial charge in [0.2, 0.25) is 0 Å². The Kier molecular flexibility index (Phi) is 4.01. The van der Waals surface area contributed by atoms with Gasteiger partial charge in [-0.3, -0.25) is 9.48 Å². The van der Waals surface area contributed by atoms with E-state index in [1.807, 2.05) is 18.9 Å². The van der Waals surface area contributed by atoms with Crippen molar-refractivity contribution in [3.05, 3.63) is 17.5 Å². The first-order chi connectivity index (χ1) is 8.65. The molecule has 1 aliphatic rings. The summed E-state index contributed by atoms with van der Waals surface area (Å²) in [6.45, 7) is 3.29. The molecule has 1 aliphatic heterocycles. The van der Waals surface area contributed by atoms with Gasteiger partial charge in [0.25, 0.3) is 5.91 Å². The lowest BCUT2D eigenvalue weighted by atomic mass is 10.1. The van der Waals surface area contributed by atoms with Crippen LogP contribution >= 0.6 is 0 Å². The number of nitrogens with two attached hydrogens (primary N) is 1. The van der Waals surface area contributed by atoms with E-state index in [-0.39, 0.29) is 11.9 Å². The van der Waals surface area contributed by atoms with Crippen molar-refractivity contribution in [2.24, 2.45) is 12.8 Å². The molecule has 0 spiro atoms. The predicted octanol–water partition coefficient (Wildman–Crippen LogP) is 1.07. The van der Waals surface area contributed by atoms with Gasteiger partial charge in [-0.25, -0.2) is 0 Å². The van der Waals surface area contributed by atoms with Crippen LogP contribution in [0.2, 0.25) is 0 Å². The number of nitrogens with zero attached hydrogens (tertiary/aromatic N) is 3. The smallest absolute Gasteiger partial charge is 0.257 e. The van der Waals surface area contributed by atoms with Crippen LogP contribution in [0.25, 0.3) is 0 Å². The number of aromatic nitrogens is 2. The highest BCUT2D eigenvalue weighted by Gasteiger charge is 2.27. The maximum absolute atomic E-state index is 12.6.